The Morgan fingerprint density at radius 1 is 1.00 bits per heavy atom. The molecule has 2 unspecified atom stereocenters. The molecule has 0 radical (unpaired) electrons. The molecule has 41 heavy (non-hydrogen) atoms. The van der Waals surface area contributed by atoms with Gasteiger partial charge >= 0.3 is 0 Å². The van der Waals surface area contributed by atoms with E-state index in [1.54, 1.807) is 18.2 Å². The first-order valence-corrected chi connectivity index (χ1v) is 14.5. The Labute approximate surface area is 240 Å². The van der Waals surface area contributed by atoms with E-state index >= 15 is 0 Å². The Morgan fingerprint density at radius 3 is 2.46 bits per heavy atom. The lowest BCUT2D eigenvalue weighted by atomic mass is 10.0. The zero-order valence-electron chi connectivity index (χ0n) is 23.1. The van der Waals surface area contributed by atoms with Gasteiger partial charge in [-0.2, -0.15) is 0 Å². The average molecular weight is 552 g/mol. The number of amides is 2. The van der Waals surface area contributed by atoms with Gasteiger partial charge in [0.2, 0.25) is 11.8 Å². The summed E-state index contributed by atoms with van der Waals surface area (Å²) in [5.41, 5.74) is 10.9. The summed E-state index contributed by atoms with van der Waals surface area (Å²) in [7, 11) is 0. The number of likely N-dealkylation sites (tertiary alicyclic amines) is 1. The Kier molecular flexibility index (Phi) is 8.14. The van der Waals surface area contributed by atoms with Crippen LogP contribution in [0.2, 0.25) is 0 Å². The Morgan fingerprint density at radius 2 is 1.78 bits per heavy atom. The van der Waals surface area contributed by atoms with E-state index in [9.17, 15) is 9.59 Å². The summed E-state index contributed by atoms with van der Waals surface area (Å²) in [6.07, 6.45) is 7.17. The van der Waals surface area contributed by atoms with E-state index < -0.39 is 6.04 Å². The van der Waals surface area contributed by atoms with Crippen molar-refractivity contribution in [2.45, 2.75) is 43.4 Å². The van der Waals surface area contributed by atoms with Gasteiger partial charge in [-0.05, 0) is 72.2 Å². The molecule has 1 aliphatic carbocycles. The first-order valence-electron chi connectivity index (χ1n) is 14.5. The largest absolute Gasteiger partial charge is 0.397 e. The normalized spacial score (nSPS) is 20.8. The van der Waals surface area contributed by atoms with Crippen molar-refractivity contribution in [3.05, 3.63) is 95.6 Å². The minimum absolute atomic E-state index is 0.0985. The van der Waals surface area contributed by atoms with Crippen LogP contribution in [0, 0.1) is 0 Å². The number of nitrogens with one attached hydrogen (secondary N) is 3. The molecule has 5 N–H and O–H groups in total. The summed E-state index contributed by atoms with van der Waals surface area (Å²) in [6.45, 7) is 3.32. The van der Waals surface area contributed by atoms with Crippen LogP contribution in [0.3, 0.4) is 0 Å². The van der Waals surface area contributed by atoms with Crippen LogP contribution < -0.4 is 21.7 Å². The molecular weight excluding hydrogens is 514 g/mol. The summed E-state index contributed by atoms with van der Waals surface area (Å²) in [6, 6.07) is 23.0. The van der Waals surface area contributed by atoms with Crippen molar-refractivity contribution in [3.8, 4) is 0 Å². The summed E-state index contributed by atoms with van der Waals surface area (Å²) in [5, 5.41) is 9.39. The topological polar surface area (TPSA) is 109 Å². The van der Waals surface area contributed by atoms with Gasteiger partial charge in [-0.3, -0.25) is 14.5 Å². The van der Waals surface area contributed by atoms with Crippen molar-refractivity contribution in [2.24, 2.45) is 0 Å². The number of hydrogen-bond donors (Lipinski definition) is 4. The predicted octanol–water partition coefficient (Wildman–Crippen LogP) is 4.54. The maximum atomic E-state index is 13.5. The Balaban J connectivity index is 1.11. The molecule has 6 rings (SSSR count). The number of nitrogen functional groups attached to an aromatic ring is 1. The fourth-order valence-corrected chi connectivity index (χ4v) is 5.69. The van der Waals surface area contributed by atoms with Gasteiger partial charge < -0.3 is 26.4 Å². The number of fused-ring (bicyclic) bond motifs is 2. The van der Waals surface area contributed by atoms with Crippen molar-refractivity contribution in [2.75, 3.05) is 42.6 Å². The molecule has 2 heterocycles. The number of anilines is 3. The summed E-state index contributed by atoms with van der Waals surface area (Å²) in [5.74, 6) is 0.314. The van der Waals surface area contributed by atoms with Crippen LogP contribution >= 0.6 is 0 Å². The van der Waals surface area contributed by atoms with E-state index in [1.807, 2.05) is 48.5 Å². The van der Waals surface area contributed by atoms with E-state index in [0.29, 0.717) is 36.0 Å². The molecule has 8 nitrogen and oxygen atoms in total. The molecule has 8 heteroatoms. The van der Waals surface area contributed by atoms with Crippen LogP contribution in [-0.2, 0) is 14.3 Å². The molecule has 3 aromatic carbocycles. The molecule has 3 atom stereocenters. The van der Waals surface area contributed by atoms with E-state index in [1.165, 1.54) is 24.5 Å². The molecule has 2 bridgehead atoms. The predicted molar refractivity (Wildman–Crippen MR) is 162 cm³/mol. The Bertz CT molecular complexity index is 1400. The minimum Gasteiger partial charge on any atom is -0.397 e. The van der Waals surface area contributed by atoms with Crippen molar-refractivity contribution in [1.29, 1.82) is 0 Å². The van der Waals surface area contributed by atoms with Crippen molar-refractivity contribution < 1.29 is 14.3 Å². The quantitative estimate of drug-likeness (QED) is 0.206. The summed E-state index contributed by atoms with van der Waals surface area (Å²) < 4.78 is 5.73. The second-order valence-electron chi connectivity index (χ2n) is 11.2. The first kappa shape index (κ1) is 27.2. The number of hydrogen-bond acceptors (Lipinski definition) is 6. The molecule has 2 saturated heterocycles. The van der Waals surface area contributed by atoms with Gasteiger partial charge in [0.05, 0.1) is 24.1 Å². The van der Waals surface area contributed by atoms with Crippen molar-refractivity contribution >= 4 is 35.0 Å². The molecule has 1 saturated carbocycles. The van der Waals surface area contributed by atoms with Gasteiger partial charge in [-0.15, -0.1) is 0 Å². The second-order valence-corrected chi connectivity index (χ2v) is 11.2. The molecule has 212 valence electrons. The molecular formula is C33H37N5O3. The maximum Gasteiger partial charge on any atom is 0.248 e. The highest BCUT2D eigenvalue weighted by Crippen LogP contribution is 2.40. The average Bonchev–Trinajstić information content (AvgIpc) is 3.62. The van der Waals surface area contributed by atoms with Gasteiger partial charge in [0, 0.05) is 37.4 Å². The van der Waals surface area contributed by atoms with Crippen LogP contribution in [0.4, 0.5) is 17.1 Å². The molecule has 2 aliphatic heterocycles. The van der Waals surface area contributed by atoms with Crippen LogP contribution in [0.25, 0.3) is 6.08 Å². The van der Waals surface area contributed by atoms with Crippen LogP contribution in [0.5, 0.6) is 0 Å². The van der Waals surface area contributed by atoms with Gasteiger partial charge in [-0.1, -0.05) is 48.5 Å². The lowest BCUT2D eigenvalue weighted by Crippen LogP contribution is -2.43. The van der Waals surface area contributed by atoms with Crippen molar-refractivity contribution in [3.63, 3.8) is 0 Å². The number of carbonyl (C=O) groups is 2. The Hall–Kier alpha value is -3.98. The number of rotatable bonds is 11. The molecule has 3 aliphatic rings. The third-order valence-electron chi connectivity index (χ3n) is 8.17. The number of benzene rings is 3. The number of nitrogens with two attached hydrogens (primary N) is 1. The monoisotopic (exact) mass is 551 g/mol. The van der Waals surface area contributed by atoms with E-state index in [-0.39, 0.29) is 11.8 Å². The lowest BCUT2D eigenvalue weighted by molar-refractivity contribution is -0.118. The standard InChI is InChI=1S/C33H37N5O3/c34-29-3-1-2-4-30(29)37-31(39)16-7-22-5-8-25(9-6-22)32(35-17-18-38-20-28-19-27(38)21-41-28)33(40)36-26-14-12-24(13-15-26)23-10-11-23/h1-9,12-16,23,27-28,32,35H,10-11,17-21,34H2,(H,36,40)(H,37,39)/b16-7+/t27?,28?,32-/m0/s1. The number of morpholine rings is 1. The summed E-state index contributed by atoms with van der Waals surface area (Å²) >= 11 is 0. The minimum atomic E-state index is -0.517. The van der Waals surface area contributed by atoms with Gasteiger partial charge in [0.15, 0.2) is 0 Å². The van der Waals surface area contributed by atoms with Crippen LogP contribution in [-0.4, -0.2) is 55.1 Å². The maximum absolute atomic E-state index is 13.5. The van der Waals surface area contributed by atoms with Crippen LogP contribution in [0.15, 0.2) is 78.9 Å². The SMILES string of the molecule is Nc1ccccc1NC(=O)/C=C/c1ccc([C@H](NCCN2CC3CC2CO3)C(=O)Nc2ccc(C3CC3)cc2)cc1. The molecule has 0 aromatic heterocycles. The molecule has 3 fully saturated rings. The van der Waals surface area contributed by atoms with E-state index in [0.717, 1.165) is 42.9 Å². The third-order valence-corrected chi connectivity index (χ3v) is 8.17. The first-order chi connectivity index (χ1) is 20.0. The summed E-state index contributed by atoms with van der Waals surface area (Å²) in [4.78, 5) is 28.4. The van der Waals surface area contributed by atoms with E-state index in [4.69, 9.17) is 10.5 Å². The second kappa shape index (κ2) is 12.3. The zero-order valence-corrected chi connectivity index (χ0v) is 23.1. The molecule has 2 amide bonds. The zero-order chi connectivity index (χ0) is 28.2. The van der Waals surface area contributed by atoms with Gasteiger partial charge in [-0.25, -0.2) is 0 Å². The van der Waals surface area contributed by atoms with E-state index in [2.05, 4.69) is 33.0 Å². The molecule has 0 spiro atoms. The lowest BCUT2D eigenvalue weighted by Gasteiger charge is -2.27. The van der Waals surface area contributed by atoms with Gasteiger partial charge in [0.1, 0.15) is 6.04 Å². The number of ether oxygens (including phenoxy) is 1. The smallest absolute Gasteiger partial charge is 0.248 e. The highest BCUT2D eigenvalue weighted by atomic mass is 16.5. The highest BCUT2D eigenvalue weighted by Gasteiger charge is 2.38. The fraction of sp³-hybridized carbons (Fsp3) is 0.333. The fourth-order valence-electron chi connectivity index (χ4n) is 5.69. The number of para-hydroxylation sites is 2. The highest BCUT2D eigenvalue weighted by molar-refractivity contribution is 6.03. The molecule has 3 aromatic rings. The number of nitrogens with zero attached hydrogens (tertiary/aromatic N) is 1. The van der Waals surface area contributed by atoms with Crippen LogP contribution in [0.1, 0.15) is 47.9 Å². The number of carbonyl (C=O) groups excluding carboxylic acids is 2. The van der Waals surface area contributed by atoms with Gasteiger partial charge in [0.25, 0.3) is 0 Å². The van der Waals surface area contributed by atoms with Crippen molar-refractivity contribution in [1.82, 2.24) is 10.2 Å². The third kappa shape index (κ3) is 6.85.